The maximum atomic E-state index is 11.5. The molecule has 0 bridgehead atoms. The van der Waals surface area contributed by atoms with Crippen LogP contribution in [0, 0.1) is 0 Å². The normalized spacial score (nSPS) is 10.1. The Kier molecular flexibility index (Phi) is 3.85. The van der Waals surface area contributed by atoms with Crippen molar-refractivity contribution < 1.29 is 4.79 Å². The summed E-state index contributed by atoms with van der Waals surface area (Å²) in [6.45, 7) is 0.475. The largest absolute Gasteiger partial charge is 0.350 e. The number of aryl methyl sites for hydroxylation is 1. The van der Waals surface area contributed by atoms with Gasteiger partial charge in [0.2, 0.25) is 5.91 Å². The molecule has 5 heteroatoms. The fourth-order valence-corrected chi connectivity index (χ4v) is 1.45. The number of pyridine rings is 1. The lowest BCUT2D eigenvalue weighted by atomic mass is 10.2. The van der Waals surface area contributed by atoms with Crippen LogP contribution in [0.25, 0.3) is 0 Å². The molecule has 0 saturated heterocycles. The van der Waals surface area contributed by atoms with Gasteiger partial charge in [-0.3, -0.25) is 9.78 Å². The molecule has 2 aromatic heterocycles. The van der Waals surface area contributed by atoms with Crippen molar-refractivity contribution in [2.75, 3.05) is 0 Å². The molecule has 0 aliphatic carbocycles. The van der Waals surface area contributed by atoms with Crippen LogP contribution in [0.1, 0.15) is 17.8 Å². The minimum Gasteiger partial charge on any atom is -0.350 e. The van der Waals surface area contributed by atoms with E-state index in [4.69, 9.17) is 0 Å². The Hall–Kier alpha value is -2.17. The lowest BCUT2D eigenvalue weighted by Crippen LogP contribution is -2.23. The third-order valence-corrected chi connectivity index (χ3v) is 2.37. The van der Waals surface area contributed by atoms with E-state index in [-0.39, 0.29) is 5.91 Å². The molecule has 0 saturated carbocycles. The number of carbonyl (C=O) groups is 1. The van der Waals surface area contributed by atoms with Crippen LogP contribution in [0.15, 0.2) is 36.9 Å². The van der Waals surface area contributed by atoms with Crippen LogP contribution in [0.3, 0.4) is 0 Å². The molecule has 0 atom stereocenters. The van der Waals surface area contributed by atoms with E-state index in [1.54, 1.807) is 18.7 Å². The highest BCUT2D eigenvalue weighted by Crippen LogP contribution is 1.97. The molecular formula is C12H14N4O. The van der Waals surface area contributed by atoms with Gasteiger partial charge in [-0.25, -0.2) is 4.98 Å². The third kappa shape index (κ3) is 3.71. The van der Waals surface area contributed by atoms with Gasteiger partial charge in [0.25, 0.3) is 0 Å². The van der Waals surface area contributed by atoms with Gasteiger partial charge in [-0.15, -0.1) is 0 Å². The Morgan fingerprint density at radius 1 is 1.41 bits per heavy atom. The van der Waals surface area contributed by atoms with E-state index in [1.807, 2.05) is 18.2 Å². The van der Waals surface area contributed by atoms with E-state index >= 15 is 0 Å². The zero-order chi connectivity index (χ0) is 11.9. The van der Waals surface area contributed by atoms with E-state index in [0.717, 1.165) is 11.4 Å². The zero-order valence-electron chi connectivity index (χ0n) is 9.39. The molecule has 0 aromatic carbocycles. The number of amides is 1. The predicted octanol–water partition coefficient (Wildman–Crippen LogP) is 1.05. The molecule has 1 amide bonds. The van der Waals surface area contributed by atoms with E-state index in [2.05, 4.69) is 20.3 Å². The minimum absolute atomic E-state index is 0.0188. The molecule has 0 aliphatic rings. The van der Waals surface area contributed by atoms with Crippen molar-refractivity contribution in [2.45, 2.75) is 19.4 Å². The molecule has 0 spiro atoms. The number of carbonyl (C=O) groups excluding carboxylic acids is 1. The Bertz CT molecular complexity index is 453. The smallest absolute Gasteiger partial charge is 0.220 e. The highest BCUT2D eigenvalue weighted by Gasteiger charge is 2.03. The summed E-state index contributed by atoms with van der Waals surface area (Å²) < 4.78 is 0. The number of nitrogens with one attached hydrogen (secondary N) is 2. The second kappa shape index (κ2) is 5.79. The van der Waals surface area contributed by atoms with Crippen LogP contribution < -0.4 is 5.32 Å². The summed E-state index contributed by atoms with van der Waals surface area (Å²) in [5.41, 5.74) is 1.83. The quantitative estimate of drug-likeness (QED) is 0.806. The van der Waals surface area contributed by atoms with Gasteiger partial charge in [0.1, 0.15) is 0 Å². The molecule has 2 aromatic rings. The maximum absolute atomic E-state index is 11.5. The summed E-state index contributed by atoms with van der Waals surface area (Å²) in [6, 6.07) is 5.64. The Balaban J connectivity index is 1.71. The molecule has 2 N–H and O–H groups in total. The molecule has 2 heterocycles. The Morgan fingerprint density at radius 3 is 3.06 bits per heavy atom. The highest BCUT2D eigenvalue weighted by molar-refractivity contribution is 5.76. The summed E-state index contributed by atoms with van der Waals surface area (Å²) in [7, 11) is 0. The van der Waals surface area contributed by atoms with Crippen molar-refractivity contribution in [3.63, 3.8) is 0 Å². The number of H-pyrrole nitrogens is 1. The average molecular weight is 230 g/mol. The van der Waals surface area contributed by atoms with Gasteiger partial charge in [0, 0.05) is 24.5 Å². The first-order valence-electron chi connectivity index (χ1n) is 5.48. The highest BCUT2D eigenvalue weighted by atomic mass is 16.1. The van der Waals surface area contributed by atoms with E-state index in [9.17, 15) is 4.79 Å². The molecule has 2 rings (SSSR count). The second-order valence-corrected chi connectivity index (χ2v) is 3.67. The van der Waals surface area contributed by atoms with Gasteiger partial charge < -0.3 is 10.3 Å². The van der Waals surface area contributed by atoms with Gasteiger partial charge >= 0.3 is 0 Å². The third-order valence-electron chi connectivity index (χ3n) is 2.37. The van der Waals surface area contributed by atoms with Gasteiger partial charge in [-0.1, -0.05) is 6.07 Å². The molecule has 17 heavy (non-hydrogen) atoms. The van der Waals surface area contributed by atoms with E-state index in [0.29, 0.717) is 19.4 Å². The Morgan fingerprint density at radius 2 is 2.35 bits per heavy atom. The van der Waals surface area contributed by atoms with Crippen LogP contribution in [-0.2, 0) is 17.8 Å². The first-order chi connectivity index (χ1) is 8.34. The van der Waals surface area contributed by atoms with Gasteiger partial charge in [-0.05, 0) is 18.6 Å². The lowest BCUT2D eigenvalue weighted by molar-refractivity contribution is -0.121. The zero-order valence-corrected chi connectivity index (χ0v) is 9.39. The van der Waals surface area contributed by atoms with Gasteiger partial charge in [-0.2, -0.15) is 0 Å². The molecule has 88 valence electrons. The van der Waals surface area contributed by atoms with Crippen LogP contribution >= 0.6 is 0 Å². The summed E-state index contributed by atoms with van der Waals surface area (Å²) >= 11 is 0. The molecule has 0 radical (unpaired) electrons. The summed E-state index contributed by atoms with van der Waals surface area (Å²) in [4.78, 5) is 22.5. The molecular weight excluding hydrogens is 216 g/mol. The van der Waals surface area contributed by atoms with Gasteiger partial charge in [0.15, 0.2) is 0 Å². The van der Waals surface area contributed by atoms with Crippen molar-refractivity contribution >= 4 is 5.91 Å². The number of rotatable bonds is 5. The van der Waals surface area contributed by atoms with Crippen molar-refractivity contribution in [1.29, 1.82) is 0 Å². The lowest BCUT2D eigenvalue weighted by Gasteiger charge is -2.03. The summed E-state index contributed by atoms with van der Waals surface area (Å²) in [5.74, 6) is 0.0188. The molecule has 0 unspecified atom stereocenters. The maximum Gasteiger partial charge on any atom is 0.220 e. The topological polar surface area (TPSA) is 70.7 Å². The van der Waals surface area contributed by atoms with Crippen LogP contribution in [0.2, 0.25) is 0 Å². The number of hydrogen-bond acceptors (Lipinski definition) is 3. The minimum atomic E-state index is 0.0188. The van der Waals surface area contributed by atoms with Crippen LogP contribution in [-0.4, -0.2) is 20.9 Å². The number of aromatic nitrogens is 3. The predicted molar refractivity (Wildman–Crippen MR) is 63.0 cm³/mol. The number of aromatic amines is 1. The number of imidazole rings is 1. The second-order valence-electron chi connectivity index (χ2n) is 3.67. The van der Waals surface area contributed by atoms with Crippen LogP contribution in [0.5, 0.6) is 0 Å². The SMILES string of the molecule is O=C(CCc1cnc[nH]1)NCc1ccccn1. The van der Waals surface area contributed by atoms with E-state index in [1.165, 1.54) is 0 Å². The fourth-order valence-electron chi connectivity index (χ4n) is 1.45. The van der Waals surface area contributed by atoms with Crippen molar-refractivity contribution in [3.05, 3.63) is 48.3 Å². The first kappa shape index (κ1) is 11.3. The van der Waals surface area contributed by atoms with Crippen molar-refractivity contribution in [3.8, 4) is 0 Å². The van der Waals surface area contributed by atoms with E-state index < -0.39 is 0 Å². The standard InChI is InChI=1S/C12H14N4O/c17-12(5-4-11-7-13-9-16-11)15-8-10-3-1-2-6-14-10/h1-3,6-7,9H,4-5,8H2,(H,13,16)(H,15,17). The van der Waals surface area contributed by atoms with Crippen LogP contribution in [0.4, 0.5) is 0 Å². The number of hydrogen-bond donors (Lipinski definition) is 2. The fraction of sp³-hybridized carbons (Fsp3) is 0.250. The average Bonchev–Trinajstić information content (AvgIpc) is 2.88. The van der Waals surface area contributed by atoms with Crippen molar-refractivity contribution in [1.82, 2.24) is 20.3 Å². The first-order valence-corrected chi connectivity index (χ1v) is 5.48. The summed E-state index contributed by atoms with van der Waals surface area (Å²) in [5, 5.41) is 2.83. The molecule has 0 fully saturated rings. The summed E-state index contributed by atoms with van der Waals surface area (Å²) in [6.07, 6.45) is 6.18. The molecule has 5 nitrogen and oxygen atoms in total. The van der Waals surface area contributed by atoms with Crippen molar-refractivity contribution in [2.24, 2.45) is 0 Å². The monoisotopic (exact) mass is 230 g/mol. The Labute approximate surface area is 99.3 Å². The molecule has 0 aliphatic heterocycles. The number of nitrogens with zero attached hydrogens (tertiary/aromatic N) is 2. The van der Waals surface area contributed by atoms with Gasteiger partial charge in [0.05, 0.1) is 18.6 Å².